The predicted octanol–water partition coefficient (Wildman–Crippen LogP) is 3.42. The van der Waals surface area contributed by atoms with Gasteiger partial charge in [-0.15, -0.1) is 0 Å². The number of ether oxygens (including phenoxy) is 2. The van der Waals surface area contributed by atoms with Crippen molar-refractivity contribution >= 4 is 22.7 Å². The number of alkyl halides is 2. The van der Waals surface area contributed by atoms with Crippen LogP contribution in [0.1, 0.15) is 19.0 Å². The van der Waals surface area contributed by atoms with Gasteiger partial charge in [0.2, 0.25) is 5.95 Å². The number of anilines is 2. The summed E-state index contributed by atoms with van der Waals surface area (Å²) in [4.78, 5) is 13.8. The first-order valence-corrected chi connectivity index (χ1v) is 10.6. The van der Waals surface area contributed by atoms with Crippen molar-refractivity contribution in [3.63, 3.8) is 0 Å². The first-order valence-electron chi connectivity index (χ1n) is 10.6. The first-order chi connectivity index (χ1) is 15.1. The van der Waals surface area contributed by atoms with E-state index in [1.54, 1.807) is 10.6 Å². The second-order valence-corrected chi connectivity index (χ2v) is 7.87. The van der Waals surface area contributed by atoms with Gasteiger partial charge in [0.05, 0.1) is 43.7 Å². The number of fused-ring (bicyclic) bond motifs is 1. The molecule has 31 heavy (non-hydrogen) atoms. The van der Waals surface area contributed by atoms with Gasteiger partial charge in [0.25, 0.3) is 6.43 Å². The van der Waals surface area contributed by atoms with Crippen LogP contribution in [-0.2, 0) is 9.47 Å². The molecule has 164 valence electrons. The fourth-order valence-corrected chi connectivity index (χ4v) is 4.22. The molecule has 0 bridgehead atoms. The van der Waals surface area contributed by atoms with E-state index in [2.05, 4.69) is 16.7 Å². The van der Waals surface area contributed by atoms with Crippen molar-refractivity contribution < 1.29 is 18.3 Å². The standard InChI is InChI=1S/C22H25F2N5O2/c1-15-14-31-11-8-28(15)22-25-19(27-6-9-30-10-7-27)13-20(26-22)29-17-5-3-2-4-16(17)12-18(29)21(23)24/h2-5,12-13,15,21H,6-11,14H2,1H3/t15-/m0/s1. The molecule has 0 unspecified atom stereocenters. The molecule has 5 rings (SSSR count). The van der Waals surface area contributed by atoms with Gasteiger partial charge in [0.15, 0.2) is 0 Å². The molecule has 1 atom stereocenters. The Morgan fingerprint density at radius 1 is 0.968 bits per heavy atom. The third kappa shape index (κ3) is 3.83. The molecule has 3 aromatic rings. The second-order valence-electron chi connectivity index (χ2n) is 7.87. The van der Waals surface area contributed by atoms with Crippen LogP contribution >= 0.6 is 0 Å². The van der Waals surface area contributed by atoms with E-state index in [1.165, 1.54) is 6.07 Å². The molecule has 1 aromatic carbocycles. The van der Waals surface area contributed by atoms with Gasteiger partial charge in [-0.05, 0) is 19.1 Å². The first kappa shape index (κ1) is 20.1. The van der Waals surface area contributed by atoms with E-state index in [0.29, 0.717) is 63.3 Å². The molecule has 0 amide bonds. The number of halogens is 2. The number of benzene rings is 1. The van der Waals surface area contributed by atoms with Gasteiger partial charge < -0.3 is 19.3 Å². The normalized spacial score (nSPS) is 20.1. The molecule has 2 aliphatic rings. The van der Waals surface area contributed by atoms with Crippen molar-refractivity contribution in [1.82, 2.24) is 14.5 Å². The molecular formula is C22H25F2N5O2. The molecular weight excluding hydrogens is 404 g/mol. The lowest BCUT2D eigenvalue weighted by Gasteiger charge is -2.35. The highest BCUT2D eigenvalue weighted by Crippen LogP contribution is 2.32. The minimum atomic E-state index is -2.63. The van der Waals surface area contributed by atoms with E-state index in [4.69, 9.17) is 19.4 Å². The van der Waals surface area contributed by atoms with Gasteiger partial charge in [0.1, 0.15) is 11.6 Å². The summed E-state index contributed by atoms with van der Waals surface area (Å²) in [6.45, 7) is 6.48. The zero-order chi connectivity index (χ0) is 21.4. The summed E-state index contributed by atoms with van der Waals surface area (Å²) in [6, 6.07) is 10.8. The minimum absolute atomic E-state index is 0.0752. The molecule has 4 heterocycles. The Balaban J connectivity index is 1.68. The van der Waals surface area contributed by atoms with Crippen LogP contribution < -0.4 is 9.80 Å². The van der Waals surface area contributed by atoms with Gasteiger partial charge in [-0.3, -0.25) is 4.57 Å². The van der Waals surface area contributed by atoms with Crippen LogP contribution in [0.5, 0.6) is 0 Å². The van der Waals surface area contributed by atoms with E-state index in [-0.39, 0.29) is 11.7 Å². The summed E-state index contributed by atoms with van der Waals surface area (Å²) in [5, 5.41) is 0.755. The van der Waals surface area contributed by atoms with Crippen LogP contribution in [0, 0.1) is 0 Å². The molecule has 0 aliphatic carbocycles. The topological polar surface area (TPSA) is 55.6 Å². The Morgan fingerprint density at radius 3 is 2.48 bits per heavy atom. The molecule has 9 heteroatoms. The quantitative estimate of drug-likeness (QED) is 0.634. The summed E-state index contributed by atoms with van der Waals surface area (Å²) >= 11 is 0. The summed E-state index contributed by atoms with van der Waals surface area (Å²) in [5.74, 6) is 1.70. The predicted molar refractivity (Wildman–Crippen MR) is 114 cm³/mol. The fourth-order valence-electron chi connectivity index (χ4n) is 4.22. The highest BCUT2D eigenvalue weighted by molar-refractivity contribution is 5.83. The van der Waals surface area contributed by atoms with Crippen LogP contribution in [0.4, 0.5) is 20.5 Å². The van der Waals surface area contributed by atoms with Crippen LogP contribution in [0.25, 0.3) is 16.7 Å². The van der Waals surface area contributed by atoms with E-state index in [1.807, 2.05) is 24.3 Å². The molecule has 0 spiro atoms. The third-order valence-electron chi connectivity index (χ3n) is 5.84. The maximum atomic E-state index is 14.0. The summed E-state index contributed by atoms with van der Waals surface area (Å²) < 4.78 is 40.6. The lowest BCUT2D eigenvalue weighted by atomic mass is 10.2. The lowest BCUT2D eigenvalue weighted by molar-refractivity contribution is 0.0980. The third-order valence-corrected chi connectivity index (χ3v) is 5.84. The summed E-state index contributed by atoms with van der Waals surface area (Å²) in [7, 11) is 0. The number of rotatable bonds is 4. The highest BCUT2D eigenvalue weighted by atomic mass is 19.3. The Hall–Kier alpha value is -2.78. The average molecular weight is 429 g/mol. The van der Waals surface area contributed by atoms with E-state index < -0.39 is 6.43 Å². The van der Waals surface area contributed by atoms with Crippen molar-refractivity contribution in [2.45, 2.75) is 19.4 Å². The van der Waals surface area contributed by atoms with Crippen molar-refractivity contribution in [1.29, 1.82) is 0 Å². The molecule has 0 radical (unpaired) electrons. The van der Waals surface area contributed by atoms with E-state index in [0.717, 1.165) is 11.2 Å². The smallest absolute Gasteiger partial charge is 0.278 e. The maximum absolute atomic E-state index is 14.0. The molecule has 0 saturated carbocycles. The largest absolute Gasteiger partial charge is 0.378 e. The lowest BCUT2D eigenvalue weighted by Crippen LogP contribution is -2.45. The number of hydrogen-bond acceptors (Lipinski definition) is 6. The maximum Gasteiger partial charge on any atom is 0.278 e. The van der Waals surface area contributed by atoms with Crippen molar-refractivity contribution in [3.05, 3.63) is 42.1 Å². The molecule has 2 aliphatic heterocycles. The van der Waals surface area contributed by atoms with Crippen LogP contribution in [0.2, 0.25) is 0 Å². The Kier molecular flexibility index (Phi) is 5.45. The van der Waals surface area contributed by atoms with Gasteiger partial charge in [-0.1, -0.05) is 18.2 Å². The van der Waals surface area contributed by atoms with E-state index >= 15 is 0 Å². The van der Waals surface area contributed by atoms with Gasteiger partial charge in [-0.2, -0.15) is 9.97 Å². The number of hydrogen-bond donors (Lipinski definition) is 0. The van der Waals surface area contributed by atoms with Crippen molar-refractivity contribution in [2.75, 3.05) is 55.9 Å². The highest BCUT2D eigenvalue weighted by Gasteiger charge is 2.26. The SMILES string of the molecule is C[C@H]1COCCN1c1nc(N2CCOCC2)cc(-n2c(C(F)F)cc3ccccc32)n1. The molecule has 2 fully saturated rings. The average Bonchev–Trinajstić information content (AvgIpc) is 3.20. The molecule has 2 aromatic heterocycles. The summed E-state index contributed by atoms with van der Waals surface area (Å²) in [5.41, 5.74) is 0.624. The fraction of sp³-hybridized carbons (Fsp3) is 0.455. The van der Waals surface area contributed by atoms with Crippen molar-refractivity contribution in [2.24, 2.45) is 0 Å². The number of morpholine rings is 2. The molecule has 2 saturated heterocycles. The second kappa shape index (κ2) is 8.39. The monoisotopic (exact) mass is 429 g/mol. The Morgan fingerprint density at radius 2 is 1.71 bits per heavy atom. The van der Waals surface area contributed by atoms with Crippen LogP contribution in [0.15, 0.2) is 36.4 Å². The van der Waals surface area contributed by atoms with Gasteiger partial charge in [0, 0.05) is 31.1 Å². The number of aromatic nitrogens is 3. The summed E-state index contributed by atoms with van der Waals surface area (Å²) in [6.07, 6.45) is -2.63. The number of para-hydroxylation sites is 1. The van der Waals surface area contributed by atoms with E-state index in [9.17, 15) is 8.78 Å². The Labute approximate surface area is 179 Å². The van der Waals surface area contributed by atoms with Crippen molar-refractivity contribution in [3.8, 4) is 5.82 Å². The zero-order valence-electron chi connectivity index (χ0n) is 17.4. The Bertz CT molecular complexity index is 1070. The van der Waals surface area contributed by atoms with Crippen LogP contribution in [-0.4, -0.2) is 66.6 Å². The number of nitrogens with zero attached hydrogens (tertiary/aromatic N) is 5. The zero-order valence-corrected chi connectivity index (χ0v) is 17.4. The van der Waals surface area contributed by atoms with Gasteiger partial charge >= 0.3 is 0 Å². The van der Waals surface area contributed by atoms with Crippen LogP contribution in [0.3, 0.4) is 0 Å². The molecule has 0 N–H and O–H groups in total. The molecule has 7 nitrogen and oxygen atoms in total. The minimum Gasteiger partial charge on any atom is -0.378 e. The van der Waals surface area contributed by atoms with Gasteiger partial charge in [-0.25, -0.2) is 8.78 Å².